The van der Waals surface area contributed by atoms with Gasteiger partial charge in [-0.05, 0) is 38.3 Å². The molecule has 5 heteroatoms. The normalized spacial score (nSPS) is 20.4. The Kier molecular flexibility index (Phi) is 4.99. The van der Waals surface area contributed by atoms with Crippen molar-refractivity contribution in [2.45, 2.75) is 26.3 Å². The Morgan fingerprint density at radius 2 is 2.47 bits per heavy atom. The molecule has 0 aromatic carbocycles. The van der Waals surface area contributed by atoms with Crippen molar-refractivity contribution in [3.63, 3.8) is 0 Å². The van der Waals surface area contributed by atoms with Crippen LogP contribution in [0.5, 0.6) is 0 Å². The van der Waals surface area contributed by atoms with Crippen molar-refractivity contribution >= 4 is 5.97 Å². The van der Waals surface area contributed by atoms with Crippen LogP contribution in [0.4, 0.5) is 0 Å². The van der Waals surface area contributed by atoms with Crippen LogP contribution in [0, 0.1) is 5.92 Å². The molecule has 1 fully saturated rings. The lowest BCUT2D eigenvalue weighted by molar-refractivity contribution is 0.0519. The number of hydrogen-bond acceptors (Lipinski definition) is 5. The first-order valence-electron chi connectivity index (χ1n) is 6.81. The Balaban J connectivity index is 1.99. The third kappa shape index (κ3) is 3.58. The maximum absolute atomic E-state index is 11.7. The van der Waals surface area contributed by atoms with Gasteiger partial charge >= 0.3 is 5.97 Å². The summed E-state index contributed by atoms with van der Waals surface area (Å²) in [4.78, 5) is 14.0. The fourth-order valence-electron chi connectivity index (χ4n) is 2.50. The molecule has 0 spiro atoms. The van der Waals surface area contributed by atoms with Gasteiger partial charge in [0.2, 0.25) is 0 Å². The highest BCUT2D eigenvalue weighted by Gasteiger charge is 2.23. The molecule has 0 aliphatic carbocycles. The van der Waals surface area contributed by atoms with E-state index in [0.29, 0.717) is 30.4 Å². The van der Waals surface area contributed by atoms with Gasteiger partial charge in [0.25, 0.3) is 0 Å². The lowest BCUT2D eigenvalue weighted by atomic mass is 9.99. The largest absolute Gasteiger partial charge is 0.467 e. The van der Waals surface area contributed by atoms with Gasteiger partial charge in [0, 0.05) is 13.2 Å². The molecule has 1 unspecified atom stereocenters. The lowest BCUT2D eigenvalue weighted by Crippen LogP contribution is -2.36. The van der Waals surface area contributed by atoms with Gasteiger partial charge in [-0.2, -0.15) is 0 Å². The maximum Gasteiger partial charge on any atom is 0.341 e. The van der Waals surface area contributed by atoms with E-state index >= 15 is 0 Å². The quantitative estimate of drug-likeness (QED) is 0.822. The molecule has 1 N–H and O–H groups in total. The van der Waals surface area contributed by atoms with Crippen LogP contribution in [-0.4, -0.2) is 42.3 Å². The summed E-state index contributed by atoms with van der Waals surface area (Å²) >= 11 is 0. The van der Waals surface area contributed by atoms with Gasteiger partial charge in [-0.1, -0.05) is 0 Å². The Hall–Kier alpha value is -1.33. The van der Waals surface area contributed by atoms with Crippen molar-refractivity contribution in [1.82, 2.24) is 4.90 Å². The second-order valence-corrected chi connectivity index (χ2v) is 4.90. The average Bonchev–Trinajstić information content (AvgIpc) is 2.87. The van der Waals surface area contributed by atoms with E-state index in [1.54, 1.807) is 13.0 Å². The summed E-state index contributed by atoms with van der Waals surface area (Å²) in [6.45, 7) is 4.78. The zero-order valence-electron chi connectivity index (χ0n) is 11.3. The molecule has 19 heavy (non-hydrogen) atoms. The monoisotopic (exact) mass is 267 g/mol. The van der Waals surface area contributed by atoms with Crippen molar-refractivity contribution < 1.29 is 19.1 Å². The first kappa shape index (κ1) is 14.1. The fraction of sp³-hybridized carbons (Fsp3) is 0.643. The number of esters is 1. The summed E-state index contributed by atoms with van der Waals surface area (Å²) < 4.78 is 10.4. The molecule has 106 valence electrons. The summed E-state index contributed by atoms with van der Waals surface area (Å²) in [6.07, 6.45) is 3.66. The van der Waals surface area contributed by atoms with Gasteiger partial charge < -0.3 is 14.3 Å². The van der Waals surface area contributed by atoms with E-state index in [9.17, 15) is 9.90 Å². The van der Waals surface area contributed by atoms with E-state index < -0.39 is 0 Å². The van der Waals surface area contributed by atoms with Crippen LogP contribution in [0.1, 0.15) is 35.9 Å². The Morgan fingerprint density at radius 3 is 3.21 bits per heavy atom. The number of carbonyl (C=O) groups excluding carboxylic acids is 1. The van der Waals surface area contributed by atoms with E-state index in [2.05, 4.69) is 4.90 Å². The number of aliphatic hydroxyl groups is 1. The van der Waals surface area contributed by atoms with Crippen molar-refractivity contribution in [3.8, 4) is 0 Å². The van der Waals surface area contributed by atoms with Gasteiger partial charge in [-0.25, -0.2) is 4.79 Å². The number of aliphatic hydroxyl groups excluding tert-OH is 1. The summed E-state index contributed by atoms with van der Waals surface area (Å²) in [5.74, 6) is 0.647. The van der Waals surface area contributed by atoms with Crippen LogP contribution < -0.4 is 0 Å². The van der Waals surface area contributed by atoms with Crippen molar-refractivity contribution in [2.24, 2.45) is 5.92 Å². The zero-order chi connectivity index (χ0) is 13.7. The fourth-order valence-corrected chi connectivity index (χ4v) is 2.50. The van der Waals surface area contributed by atoms with E-state index in [1.165, 1.54) is 6.26 Å². The minimum atomic E-state index is -0.332. The summed E-state index contributed by atoms with van der Waals surface area (Å²) in [5.41, 5.74) is 0.507. The van der Waals surface area contributed by atoms with Gasteiger partial charge in [0.1, 0.15) is 11.3 Å². The number of rotatable bonds is 5. The predicted octanol–water partition coefficient (Wildman–Crippen LogP) is 1.66. The first-order chi connectivity index (χ1) is 9.24. The Morgan fingerprint density at radius 1 is 1.63 bits per heavy atom. The second kappa shape index (κ2) is 6.73. The van der Waals surface area contributed by atoms with Gasteiger partial charge in [0.05, 0.1) is 19.4 Å². The molecule has 2 rings (SSSR count). The number of likely N-dealkylation sites (tertiary alicyclic amines) is 1. The van der Waals surface area contributed by atoms with E-state index in [1.807, 2.05) is 0 Å². The van der Waals surface area contributed by atoms with Gasteiger partial charge in [0.15, 0.2) is 0 Å². The van der Waals surface area contributed by atoms with Crippen molar-refractivity contribution in [3.05, 3.63) is 23.7 Å². The molecule has 1 aromatic rings. The molecule has 1 aliphatic heterocycles. The van der Waals surface area contributed by atoms with E-state index in [4.69, 9.17) is 9.15 Å². The lowest BCUT2D eigenvalue weighted by Gasteiger charge is -2.31. The van der Waals surface area contributed by atoms with Gasteiger partial charge in [-0.15, -0.1) is 0 Å². The number of hydrogen-bond donors (Lipinski definition) is 1. The molecule has 0 amide bonds. The smallest absolute Gasteiger partial charge is 0.341 e. The molecule has 0 radical (unpaired) electrons. The topological polar surface area (TPSA) is 62.9 Å². The molecule has 1 aliphatic rings. The van der Waals surface area contributed by atoms with Gasteiger partial charge in [-0.3, -0.25) is 4.90 Å². The summed E-state index contributed by atoms with van der Waals surface area (Å²) in [7, 11) is 0. The molecule has 0 saturated carbocycles. The van der Waals surface area contributed by atoms with Crippen LogP contribution in [0.2, 0.25) is 0 Å². The summed E-state index contributed by atoms with van der Waals surface area (Å²) in [5, 5.41) is 9.22. The minimum Gasteiger partial charge on any atom is -0.467 e. The number of carbonyl (C=O) groups is 1. The van der Waals surface area contributed by atoms with Crippen LogP contribution in [0.15, 0.2) is 16.7 Å². The number of ether oxygens (including phenoxy) is 1. The molecular formula is C14H21NO4. The standard InChI is InChI=1S/C14H21NO4/c1-2-18-14(17)12-5-7-19-13(12)9-15-6-3-4-11(8-15)10-16/h5,7,11,16H,2-4,6,8-10H2,1H3. The third-order valence-corrected chi connectivity index (χ3v) is 3.47. The maximum atomic E-state index is 11.7. The highest BCUT2D eigenvalue weighted by atomic mass is 16.5. The molecule has 1 saturated heterocycles. The minimum absolute atomic E-state index is 0.222. The summed E-state index contributed by atoms with van der Waals surface area (Å²) in [6, 6.07) is 1.65. The molecule has 1 atom stereocenters. The first-order valence-corrected chi connectivity index (χ1v) is 6.81. The number of nitrogens with zero attached hydrogens (tertiary/aromatic N) is 1. The van der Waals surface area contributed by atoms with Crippen molar-refractivity contribution in [2.75, 3.05) is 26.3 Å². The highest BCUT2D eigenvalue weighted by molar-refractivity contribution is 5.90. The molecule has 2 heterocycles. The van der Waals surface area contributed by atoms with Crippen LogP contribution >= 0.6 is 0 Å². The molecule has 0 bridgehead atoms. The zero-order valence-corrected chi connectivity index (χ0v) is 11.3. The van der Waals surface area contributed by atoms with Crippen LogP contribution in [0.25, 0.3) is 0 Å². The molecular weight excluding hydrogens is 246 g/mol. The third-order valence-electron chi connectivity index (χ3n) is 3.47. The number of furan rings is 1. The Bertz CT molecular complexity index is 415. The Labute approximate surface area is 113 Å². The molecule has 1 aromatic heterocycles. The van der Waals surface area contributed by atoms with Crippen LogP contribution in [-0.2, 0) is 11.3 Å². The second-order valence-electron chi connectivity index (χ2n) is 4.90. The number of piperidine rings is 1. The van der Waals surface area contributed by atoms with Crippen LogP contribution in [0.3, 0.4) is 0 Å². The van der Waals surface area contributed by atoms with E-state index in [-0.39, 0.29) is 12.6 Å². The SMILES string of the molecule is CCOC(=O)c1ccoc1CN1CCCC(CO)C1. The van der Waals surface area contributed by atoms with E-state index in [0.717, 1.165) is 25.9 Å². The highest BCUT2D eigenvalue weighted by Crippen LogP contribution is 2.20. The predicted molar refractivity (Wildman–Crippen MR) is 69.8 cm³/mol. The average molecular weight is 267 g/mol. The molecule has 5 nitrogen and oxygen atoms in total. The van der Waals surface area contributed by atoms with Crippen molar-refractivity contribution in [1.29, 1.82) is 0 Å².